The van der Waals surface area contributed by atoms with Crippen LogP contribution in [0.15, 0.2) is 6.07 Å². The molecule has 0 bridgehead atoms. The van der Waals surface area contributed by atoms with Crippen molar-refractivity contribution in [2.75, 3.05) is 11.9 Å². The van der Waals surface area contributed by atoms with E-state index in [4.69, 9.17) is 11.6 Å². The molecule has 1 saturated carbocycles. The quantitative estimate of drug-likeness (QED) is 0.802. The molecule has 0 saturated heterocycles. The van der Waals surface area contributed by atoms with E-state index in [1.165, 1.54) is 19.3 Å². The van der Waals surface area contributed by atoms with Gasteiger partial charge in [0.15, 0.2) is 0 Å². The number of nitrogens with one attached hydrogen (secondary N) is 1. The van der Waals surface area contributed by atoms with Crippen LogP contribution in [-0.2, 0) is 6.42 Å². The molecule has 0 atom stereocenters. The van der Waals surface area contributed by atoms with E-state index in [-0.39, 0.29) is 0 Å². The lowest BCUT2D eigenvalue weighted by Gasteiger charge is -2.14. The zero-order chi connectivity index (χ0) is 11.6. The molecule has 2 rings (SSSR count). The van der Waals surface area contributed by atoms with Crippen LogP contribution in [0, 0.1) is 5.41 Å². The Labute approximate surface area is 102 Å². The predicted octanol–water partition coefficient (Wildman–Crippen LogP) is 3.29. The van der Waals surface area contributed by atoms with Gasteiger partial charge in [0.2, 0.25) is 0 Å². The Balaban J connectivity index is 2.01. The normalized spacial score (nSPS) is 17.2. The molecule has 16 heavy (non-hydrogen) atoms. The predicted molar refractivity (Wildman–Crippen MR) is 66.9 cm³/mol. The zero-order valence-corrected chi connectivity index (χ0v) is 10.6. The molecule has 1 N–H and O–H groups in total. The summed E-state index contributed by atoms with van der Waals surface area (Å²) >= 11 is 5.94. The molecule has 0 aromatic carbocycles. The number of rotatable bonds is 5. The molecule has 0 spiro atoms. The van der Waals surface area contributed by atoms with Crippen LogP contribution in [0.3, 0.4) is 0 Å². The third kappa shape index (κ3) is 2.64. The maximum atomic E-state index is 5.94. The third-order valence-corrected chi connectivity index (χ3v) is 3.60. The standard InChI is InChI=1S/C12H18ClN3/c1-3-10-15-9(13)7-11(16-10)14-8-12(4-2)5-6-12/h7H,3-6,8H2,1-2H3,(H,14,15,16). The molecule has 0 amide bonds. The Morgan fingerprint density at radius 2 is 2.12 bits per heavy atom. The number of halogens is 1. The highest BCUT2D eigenvalue weighted by Gasteiger charge is 2.40. The molecule has 0 unspecified atom stereocenters. The molecule has 88 valence electrons. The van der Waals surface area contributed by atoms with Gasteiger partial charge in [-0.25, -0.2) is 9.97 Å². The van der Waals surface area contributed by atoms with Crippen molar-refractivity contribution in [2.24, 2.45) is 5.41 Å². The molecule has 3 nitrogen and oxygen atoms in total. The highest BCUT2D eigenvalue weighted by molar-refractivity contribution is 6.29. The number of nitrogens with zero attached hydrogens (tertiary/aromatic N) is 2. The lowest BCUT2D eigenvalue weighted by atomic mass is 10.0. The fraction of sp³-hybridized carbons (Fsp3) is 0.667. The first-order valence-electron chi connectivity index (χ1n) is 5.95. The minimum absolute atomic E-state index is 0.518. The SMILES string of the molecule is CCc1nc(Cl)cc(NCC2(CC)CC2)n1. The maximum absolute atomic E-state index is 5.94. The maximum Gasteiger partial charge on any atom is 0.134 e. The molecule has 1 fully saturated rings. The van der Waals surface area contributed by atoms with E-state index in [0.29, 0.717) is 10.6 Å². The van der Waals surface area contributed by atoms with Gasteiger partial charge in [-0.1, -0.05) is 25.4 Å². The Hall–Kier alpha value is -0.830. The molecule has 1 aliphatic rings. The Bertz CT molecular complexity index is 375. The van der Waals surface area contributed by atoms with Gasteiger partial charge in [-0.15, -0.1) is 0 Å². The van der Waals surface area contributed by atoms with E-state index in [1.54, 1.807) is 6.07 Å². The second kappa shape index (κ2) is 4.58. The Morgan fingerprint density at radius 3 is 2.69 bits per heavy atom. The number of aryl methyl sites for hydroxylation is 1. The number of aromatic nitrogens is 2. The lowest BCUT2D eigenvalue weighted by molar-refractivity contribution is 0.520. The summed E-state index contributed by atoms with van der Waals surface area (Å²) in [6, 6.07) is 1.80. The average Bonchev–Trinajstić information content (AvgIpc) is 3.06. The summed E-state index contributed by atoms with van der Waals surface area (Å²) in [6.45, 7) is 5.28. The minimum atomic E-state index is 0.518. The van der Waals surface area contributed by atoms with Crippen LogP contribution < -0.4 is 5.32 Å². The Kier molecular flexibility index (Phi) is 3.33. The monoisotopic (exact) mass is 239 g/mol. The molecule has 1 aromatic heterocycles. The van der Waals surface area contributed by atoms with E-state index in [0.717, 1.165) is 24.6 Å². The molecular formula is C12H18ClN3. The van der Waals surface area contributed by atoms with Crippen LogP contribution in [0.2, 0.25) is 5.15 Å². The smallest absolute Gasteiger partial charge is 0.134 e. The van der Waals surface area contributed by atoms with Gasteiger partial charge in [0.1, 0.15) is 16.8 Å². The van der Waals surface area contributed by atoms with Gasteiger partial charge in [0.05, 0.1) is 0 Å². The van der Waals surface area contributed by atoms with E-state index >= 15 is 0 Å². The molecular weight excluding hydrogens is 222 g/mol. The van der Waals surface area contributed by atoms with Gasteiger partial charge in [0.25, 0.3) is 0 Å². The van der Waals surface area contributed by atoms with Crippen molar-refractivity contribution >= 4 is 17.4 Å². The highest BCUT2D eigenvalue weighted by atomic mass is 35.5. The van der Waals surface area contributed by atoms with Gasteiger partial charge in [0, 0.05) is 19.0 Å². The van der Waals surface area contributed by atoms with Crippen LogP contribution >= 0.6 is 11.6 Å². The first-order valence-corrected chi connectivity index (χ1v) is 6.32. The van der Waals surface area contributed by atoms with Crippen LogP contribution in [0.4, 0.5) is 5.82 Å². The molecule has 1 heterocycles. The molecule has 0 radical (unpaired) electrons. The summed E-state index contributed by atoms with van der Waals surface area (Å²) in [7, 11) is 0. The van der Waals surface area contributed by atoms with Crippen LogP contribution in [0.5, 0.6) is 0 Å². The van der Waals surface area contributed by atoms with Crippen molar-refractivity contribution in [2.45, 2.75) is 39.5 Å². The fourth-order valence-corrected chi connectivity index (χ4v) is 2.02. The van der Waals surface area contributed by atoms with E-state index < -0.39 is 0 Å². The summed E-state index contributed by atoms with van der Waals surface area (Å²) in [5.74, 6) is 1.66. The van der Waals surface area contributed by atoms with E-state index in [1.807, 2.05) is 6.92 Å². The van der Waals surface area contributed by atoms with Gasteiger partial charge in [-0.2, -0.15) is 0 Å². The summed E-state index contributed by atoms with van der Waals surface area (Å²) < 4.78 is 0. The first-order chi connectivity index (χ1) is 7.67. The van der Waals surface area contributed by atoms with Crippen molar-refractivity contribution in [1.82, 2.24) is 9.97 Å². The zero-order valence-electron chi connectivity index (χ0n) is 9.89. The molecule has 1 aromatic rings. The van der Waals surface area contributed by atoms with E-state index in [9.17, 15) is 0 Å². The van der Waals surface area contributed by atoms with Crippen molar-refractivity contribution in [3.63, 3.8) is 0 Å². The molecule has 0 aliphatic heterocycles. The van der Waals surface area contributed by atoms with Gasteiger partial charge < -0.3 is 5.32 Å². The minimum Gasteiger partial charge on any atom is -0.369 e. The van der Waals surface area contributed by atoms with E-state index in [2.05, 4.69) is 22.2 Å². The van der Waals surface area contributed by atoms with Gasteiger partial charge in [-0.3, -0.25) is 0 Å². The summed E-state index contributed by atoms with van der Waals surface area (Å²) in [4.78, 5) is 8.56. The van der Waals surface area contributed by atoms with Crippen molar-refractivity contribution in [3.8, 4) is 0 Å². The molecule has 4 heteroatoms. The lowest BCUT2D eigenvalue weighted by Crippen LogP contribution is -2.15. The Morgan fingerprint density at radius 1 is 1.38 bits per heavy atom. The molecule has 1 aliphatic carbocycles. The van der Waals surface area contributed by atoms with Gasteiger partial charge >= 0.3 is 0 Å². The second-order valence-corrected chi connectivity index (χ2v) is 4.94. The topological polar surface area (TPSA) is 37.8 Å². The van der Waals surface area contributed by atoms with Crippen molar-refractivity contribution in [1.29, 1.82) is 0 Å². The van der Waals surface area contributed by atoms with Crippen LogP contribution in [-0.4, -0.2) is 16.5 Å². The van der Waals surface area contributed by atoms with Gasteiger partial charge in [-0.05, 0) is 24.7 Å². The number of anilines is 1. The summed E-state index contributed by atoms with van der Waals surface area (Å²) in [5, 5.41) is 3.90. The average molecular weight is 240 g/mol. The second-order valence-electron chi connectivity index (χ2n) is 4.55. The largest absolute Gasteiger partial charge is 0.369 e. The fourth-order valence-electron chi connectivity index (χ4n) is 1.82. The highest BCUT2D eigenvalue weighted by Crippen LogP contribution is 2.48. The number of hydrogen-bond donors (Lipinski definition) is 1. The summed E-state index contributed by atoms with van der Waals surface area (Å²) in [5.41, 5.74) is 0.518. The summed E-state index contributed by atoms with van der Waals surface area (Å²) in [6.07, 6.45) is 4.71. The van der Waals surface area contributed by atoms with Crippen LogP contribution in [0.1, 0.15) is 38.9 Å². The van der Waals surface area contributed by atoms with Crippen molar-refractivity contribution in [3.05, 3.63) is 17.0 Å². The number of hydrogen-bond acceptors (Lipinski definition) is 3. The van der Waals surface area contributed by atoms with Crippen molar-refractivity contribution < 1.29 is 0 Å². The first kappa shape index (κ1) is 11.6. The third-order valence-electron chi connectivity index (χ3n) is 3.41. The van der Waals surface area contributed by atoms with Crippen LogP contribution in [0.25, 0.3) is 0 Å².